The second kappa shape index (κ2) is 36.8. The molecule has 0 heterocycles. The van der Waals surface area contributed by atoms with Crippen LogP contribution in [0.25, 0.3) is 99.8 Å². The van der Waals surface area contributed by atoms with Crippen molar-refractivity contribution in [2.75, 3.05) is 14.7 Å². The Balaban J connectivity index is 0.615. The van der Waals surface area contributed by atoms with Gasteiger partial charge in [0, 0.05) is 51.2 Å². The molecule has 1 aliphatic carbocycles. The molecule has 0 aromatic heterocycles. The first kappa shape index (κ1) is 78.7. The first-order chi connectivity index (χ1) is 58.6. The summed E-state index contributed by atoms with van der Waals surface area (Å²) in [4.78, 5) is 7.15. The highest BCUT2D eigenvalue weighted by Crippen LogP contribution is 2.46. The highest BCUT2D eigenvalue weighted by atomic mass is 15.2. The second-order valence-corrected chi connectivity index (χ2v) is 33.1. The number of para-hydroxylation sites is 2. The van der Waals surface area contributed by atoms with Gasteiger partial charge in [0.05, 0.1) is 0 Å². The first-order valence-corrected chi connectivity index (χ1v) is 43.8. The quantitative estimate of drug-likeness (QED) is 0.0401. The van der Waals surface area contributed by atoms with Crippen molar-refractivity contribution in [1.29, 1.82) is 0 Å². The zero-order valence-corrected chi connectivity index (χ0v) is 70.2. The van der Waals surface area contributed by atoms with E-state index in [1.807, 2.05) is 0 Å². The summed E-state index contributed by atoms with van der Waals surface area (Å²) in [6, 6.07) is 134. The van der Waals surface area contributed by atoms with Crippen LogP contribution in [0.4, 0.5) is 51.2 Å². The minimum Gasteiger partial charge on any atom is -0.311 e. The molecule has 0 fully saturated rings. The Hall–Kier alpha value is -12.8. The lowest BCUT2D eigenvalue weighted by molar-refractivity contribution is 0.607. The van der Waals surface area contributed by atoms with Gasteiger partial charge in [-0.1, -0.05) is 321 Å². The van der Waals surface area contributed by atoms with Crippen LogP contribution < -0.4 is 14.7 Å². The minimum absolute atomic E-state index is 1.10. The number of nitrogens with zero attached hydrogens (tertiary/aromatic N) is 3. The number of fused-ring (bicyclic) bond motifs is 3. The summed E-state index contributed by atoms with van der Waals surface area (Å²) in [7, 11) is 0. The highest BCUT2D eigenvalue weighted by Gasteiger charge is 2.23. The smallest absolute Gasteiger partial charge is 0.0462 e. The molecule has 119 heavy (non-hydrogen) atoms. The minimum atomic E-state index is 1.10. The molecule has 0 radical (unpaired) electrons. The van der Waals surface area contributed by atoms with Crippen LogP contribution in [-0.4, -0.2) is 0 Å². The maximum Gasteiger partial charge on any atom is 0.0462 e. The molecule has 0 amide bonds. The van der Waals surface area contributed by atoms with Crippen molar-refractivity contribution in [2.24, 2.45) is 0 Å². The third-order valence-corrected chi connectivity index (χ3v) is 24.9. The van der Waals surface area contributed by atoms with E-state index in [1.54, 1.807) is 0 Å². The van der Waals surface area contributed by atoms with Gasteiger partial charge in [0.2, 0.25) is 0 Å². The molecule has 588 valence electrons. The van der Waals surface area contributed by atoms with Crippen LogP contribution in [0, 0.1) is 27.7 Å². The third-order valence-electron chi connectivity index (χ3n) is 24.9. The largest absolute Gasteiger partial charge is 0.311 e. The summed E-state index contributed by atoms with van der Waals surface area (Å²) in [5.74, 6) is 0. The molecule has 3 nitrogen and oxygen atoms in total. The summed E-state index contributed by atoms with van der Waals surface area (Å²) in [6.07, 6.45) is 20.3. The van der Waals surface area contributed by atoms with Gasteiger partial charge in [-0.25, -0.2) is 0 Å². The highest BCUT2D eigenvalue weighted by molar-refractivity contribution is 6.01. The number of aryl methyl sites for hydroxylation is 8. The number of hydrogen-bond acceptors (Lipinski definition) is 3. The predicted octanol–water partition coefficient (Wildman–Crippen LogP) is 33.7. The molecule has 1 aliphatic rings. The lowest BCUT2D eigenvalue weighted by Crippen LogP contribution is -2.10. The Labute approximate surface area is 707 Å². The van der Waals surface area contributed by atoms with E-state index in [0.29, 0.717) is 0 Å². The molecule has 16 aromatic rings. The maximum atomic E-state index is 2.44. The lowest BCUT2D eigenvalue weighted by atomic mass is 9.81. The summed E-state index contributed by atoms with van der Waals surface area (Å²) >= 11 is 0. The van der Waals surface area contributed by atoms with Gasteiger partial charge in [0.1, 0.15) is 0 Å². The summed E-state index contributed by atoms with van der Waals surface area (Å²) < 4.78 is 0. The first-order valence-electron chi connectivity index (χ1n) is 43.8. The molecule has 17 rings (SSSR count). The monoisotopic (exact) mass is 1540 g/mol. The van der Waals surface area contributed by atoms with Crippen LogP contribution in [-0.2, 0) is 25.7 Å². The van der Waals surface area contributed by atoms with Gasteiger partial charge in [-0.2, -0.15) is 0 Å². The van der Waals surface area contributed by atoms with Gasteiger partial charge in [-0.05, 0) is 326 Å². The maximum absolute atomic E-state index is 2.44. The van der Waals surface area contributed by atoms with E-state index in [2.05, 4.69) is 414 Å². The molecule has 0 saturated carbocycles. The molecule has 0 bridgehead atoms. The van der Waals surface area contributed by atoms with E-state index in [-0.39, 0.29) is 0 Å². The summed E-state index contributed by atoms with van der Waals surface area (Å²) in [6.45, 7) is 13.6. The third kappa shape index (κ3) is 17.7. The molecule has 0 N–H and O–H groups in total. The van der Waals surface area contributed by atoms with Crippen LogP contribution in [0.1, 0.15) is 135 Å². The van der Waals surface area contributed by atoms with E-state index < -0.39 is 0 Å². The Morgan fingerprint density at radius 2 is 0.487 bits per heavy atom. The average Bonchev–Trinajstić information content (AvgIpc) is 0.663. The fourth-order valence-corrected chi connectivity index (χ4v) is 18.2. The standard InChI is InChI=1S/C116H109N3/c1-7-9-11-13-15-19-30-86-32-27-34-95(78-86)88-44-59-102(60-45-88)117(100-38-21-17-22-39-100)105-65-50-91(51-66-105)112-74-84(5)114(76-82(112)3)93-54-69-107(70-55-93)119(104-61-46-89(47-62-104)96-35-28-33-87(79-96)31-20-16-14-12-10-8-2)108-71-56-94(57-72-108)115-77-83(4)113(75-85(115)6)92-52-67-106(68-53-92)118(101-40-23-18-24-41-101)103-63-48-90(49-64-103)97-36-29-37-98(80-97)116-81-99-58-73-109(99)110-42-25-26-43-111(110)116/h17-18,21-29,32-57,59-72,74-81H,7-16,19-20,30-31,58,73H2,1-6H3. The van der Waals surface area contributed by atoms with Crippen LogP contribution >= 0.6 is 0 Å². The van der Waals surface area contributed by atoms with Crippen LogP contribution in [0.5, 0.6) is 0 Å². The molecule has 0 saturated heterocycles. The Kier molecular flexibility index (Phi) is 24.3. The van der Waals surface area contributed by atoms with Crippen LogP contribution in [0.3, 0.4) is 0 Å². The molecular weight excluding hydrogens is 1440 g/mol. The van der Waals surface area contributed by atoms with Gasteiger partial charge in [0.15, 0.2) is 0 Å². The van der Waals surface area contributed by atoms with Gasteiger partial charge in [0.25, 0.3) is 0 Å². The van der Waals surface area contributed by atoms with E-state index in [4.69, 9.17) is 0 Å². The van der Waals surface area contributed by atoms with Gasteiger partial charge < -0.3 is 14.7 Å². The zero-order chi connectivity index (χ0) is 81.0. The number of benzene rings is 16. The number of hydrogen-bond donors (Lipinski definition) is 0. The normalized spacial score (nSPS) is 11.7. The molecule has 3 heteroatoms. The Morgan fingerprint density at radius 1 is 0.202 bits per heavy atom. The van der Waals surface area contributed by atoms with Crippen molar-refractivity contribution in [3.63, 3.8) is 0 Å². The molecule has 0 atom stereocenters. The number of rotatable bonds is 31. The van der Waals surface area contributed by atoms with E-state index >= 15 is 0 Å². The summed E-state index contributed by atoms with van der Waals surface area (Å²) in [5.41, 5.74) is 40.5. The van der Waals surface area contributed by atoms with Crippen molar-refractivity contribution in [1.82, 2.24) is 0 Å². The van der Waals surface area contributed by atoms with Crippen LogP contribution in [0.2, 0.25) is 0 Å². The fourth-order valence-electron chi connectivity index (χ4n) is 18.2. The second-order valence-electron chi connectivity index (χ2n) is 33.1. The van der Waals surface area contributed by atoms with E-state index in [0.717, 1.165) is 70.4 Å². The van der Waals surface area contributed by atoms with Gasteiger partial charge >= 0.3 is 0 Å². The number of anilines is 9. The van der Waals surface area contributed by atoms with E-state index in [1.165, 1.54) is 228 Å². The van der Waals surface area contributed by atoms with Crippen molar-refractivity contribution >= 4 is 62.0 Å². The van der Waals surface area contributed by atoms with E-state index in [9.17, 15) is 0 Å². The van der Waals surface area contributed by atoms with Crippen molar-refractivity contribution in [2.45, 2.75) is 144 Å². The zero-order valence-electron chi connectivity index (χ0n) is 70.2. The van der Waals surface area contributed by atoms with Crippen molar-refractivity contribution < 1.29 is 0 Å². The van der Waals surface area contributed by atoms with Crippen molar-refractivity contribution in [3.05, 3.63) is 402 Å². The average molecular weight is 1550 g/mol. The molecule has 16 aromatic carbocycles. The Bertz CT molecular complexity index is 6120. The molecule has 0 unspecified atom stereocenters. The van der Waals surface area contributed by atoms with Gasteiger partial charge in [-0.15, -0.1) is 0 Å². The number of unbranched alkanes of at least 4 members (excludes halogenated alkanes) is 10. The topological polar surface area (TPSA) is 9.72 Å². The SMILES string of the molecule is CCCCCCCCc1cccc(-c2ccc(N(c3ccccc3)c3ccc(-c4cc(C)c(-c5ccc(N(c6ccc(-c7cccc(CCCCCCCC)c7)cc6)c6ccc(-c7cc(C)c(-c8ccc(N(c9ccccc9)c9ccc(-c%10cccc(-c%11cc%12c(c%13ccccc%11%13)CC%12)c%10)cc9)cc8)cc7C)cc6)cc5)cc4C)cc3)cc2)c1. The van der Waals surface area contributed by atoms with Gasteiger partial charge in [-0.3, -0.25) is 0 Å². The Morgan fingerprint density at radius 3 is 0.824 bits per heavy atom. The fraction of sp³-hybridized carbons (Fsp3) is 0.190. The lowest BCUT2D eigenvalue weighted by Gasteiger charge is -2.26. The molecule has 0 spiro atoms. The molecular formula is C116H109N3. The van der Waals surface area contributed by atoms with Crippen molar-refractivity contribution in [3.8, 4) is 89.0 Å². The molecule has 0 aliphatic heterocycles. The predicted molar refractivity (Wildman–Crippen MR) is 512 cm³/mol. The van der Waals surface area contributed by atoms with Crippen LogP contribution in [0.15, 0.2) is 358 Å². The summed E-state index contributed by atoms with van der Waals surface area (Å²) in [5, 5.41) is 2.74.